The topological polar surface area (TPSA) is 91.8 Å². The van der Waals surface area contributed by atoms with Crippen molar-refractivity contribution in [2.24, 2.45) is 10.9 Å². The Morgan fingerprint density at radius 3 is 2.66 bits per heavy atom. The number of halogens is 1. The third-order valence-electron chi connectivity index (χ3n) is 4.28. The van der Waals surface area contributed by atoms with Crippen LogP contribution < -0.4 is 20.1 Å². The maximum atomic E-state index is 12.1. The fraction of sp³-hybridized carbons (Fsp3) is 0.421. The second-order valence-corrected chi connectivity index (χ2v) is 9.49. The van der Waals surface area contributed by atoms with Gasteiger partial charge in [0.25, 0.3) is 0 Å². The summed E-state index contributed by atoms with van der Waals surface area (Å²) in [5.74, 6) is 2.20. The van der Waals surface area contributed by atoms with Gasteiger partial charge in [-0.05, 0) is 36.3 Å². The summed E-state index contributed by atoms with van der Waals surface area (Å²) in [6.07, 6.45) is 2.51. The largest absolute Gasteiger partial charge is 0.493 e. The molecule has 0 bridgehead atoms. The van der Waals surface area contributed by atoms with Crippen molar-refractivity contribution >= 4 is 51.3 Å². The quantitative estimate of drug-likeness (QED) is 0.183. The first kappa shape index (κ1) is 23.9. The number of para-hydroxylation sites is 1. The third-order valence-corrected chi connectivity index (χ3v) is 7.14. The van der Waals surface area contributed by atoms with Crippen LogP contribution >= 0.6 is 35.3 Å². The lowest BCUT2D eigenvalue weighted by molar-refractivity contribution is 0.296. The maximum Gasteiger partial charge on any atom is 0.250 e. The molecule has 7 nitrogen and oxygen atoms in total. The number of hydrogen-bond acceptors (Lipinski definition) is 5. The van der Waals surface area contributed by atoms with E-state index in [1.807, 2.05) is 24.3 Å². The lowest BCUT2D eigenvalue weighted by Crippen LogP contribution is -2.41. The van der Waals surface area contributed by atoms with Crippen LogP contribution in [0.4, 0.5) is 0 Å². The van der Waals surface area contributed by atoms with Crippen molar-refractivity contribution < 1.29 is 13.2 Å². The number of thiophene rings is 1. The molecule has 1 aromatic carbocycles. The van der Waals surface area contributed by atoms with Crippen molar-refractivity contribution in [3.8, 4) is 5.75 Å². The highest BCUT2D eigenvalue weighted by Gasteiger charge is 2.22. The summed E-state index contributed by atoms with van der Waals surface area (Å²) in [5, 5.41) is 8.09. The molecule has 10 heteroatoms. The van der Waals surface area contributed by atoms with Gasteiger partial charge in [0.15, 0.2) is 5.96 Å². The van der Waals surface area contributed by atoms with E-state index >= 15 is 0 Å². The Hall–Kier alpha value is -1.37. The molecule has 0 aliphatic heterocycles. The zero-order valence-electron chi connectivity index (χ0n) is 16.3. The van der Waals surface area contributed by atoms with Crippen molar-refractivity contribution in [2.75, 3.05) is 26.7 Å². The molecule has 1 heterocycles. The molecule has 0 spiro atoms. The molecule has 0 amide bonds. The van der Waals surface area contributed by atoms with Crippen LogP contribution in [-0.2, 0) is 16.6 Å². The lowest BCUT2D eigenvalue weighted by atomic mass is 10.2. The lowest BCUT2D eigenvalue weighted by Gasteiger charge is -2.15. The summed E-state index contributed by atoms with van der Waals surface area (Å²) in [4.78, 5) is 4.18. The zero-order chi connectivity index (χ0) is 19.8. The van der Waals surface area contributed by atoms with Crippen LogP contribution in [0.5, 0.6) is 5.75 Å². The van der Waals surface area contributed by atoms with Crippen LogP contribution in [0.1, 0.15) is 18.4 Å². The van der Waals surface area contributed by atoms with Crippen molar-refractivity contribution in [3.63, 3.8) is 0 Å². The molecule has 0 radical (unpaired) electrons. The number of nitrogens with zero attached hydrogens (tertiary/aromatic N) is 1. The van der Waals surface area contributed by atoms with Gasteiger partial charge in [0.2, 0.25) is 10.0 Å². The van der Waals surface area contributed by atoms with E-state index in [0.29, 0.717) is 29.2 Å². The van der Waals surface area contributed by atoms with E-state index in [2.05, 4.69) is 20.3 Å². The summed E-state index contributed by atoms with van der Waals surface area (Å²) in [6.45, 7) is 2.03. The Morgan fingerprint density at radius 2 is 1.97 bits per heavy atom. The standard InChI is InChI=1S/C19H26N4O3S2.HI/c1-20-19(21-10-11-23-28(24,25)18-7-4-12-27-18)22-13-16-5-2-3-6-17(16)26-14-15-8-9-15;/h2-7,12,15,23H,8-11,13-14H2,1H3,(H2,20,21,22);1H. The van der Waals surface area contributed by atoms with E-state index in [0.717, 1.165) is 17.9 Å². The summed E-state index contributed by atoms with van der Waals surface area (Å²) in [6, 6.07) is 11.3. The minimum absolute atomic E-state index is 0. The van der Waals surface area contributed by atoms with E-state index < -0.39 is 10.0 Å². The molecule has 1 saturated carbocycles. The monoisotopic (exact) mass is 550 g/mol. The van der Waals surface area contributed by atoms with E-state index in [4.69, 9.17) is 4.74 Å². The highest BCUT2D eigenvalue weighted by molar-refractivity contribution is 14.0. The van der Waals surface area contributed by atoms with E-state index in [-0.39, 0.29) is 30.5 Å². The SMILES string of the molecule is CN=C(NCCNS(=O)(=O)c1cccs1)NCc1ccccc1OCC1CC1.I. The first-order chi connectivity index (χ1) is 13.6. The highest BCUT2D eigenvalue weighted by atomic mass is 127. The Bertz CT molecular complexity index is 885. The maximum absolute atomic E-state index is 12.1. The molecule has 0 unspecified atom stereocenters. The van der Waals surface area contributed by atoms with Crippen LogP contribution in [-0.4, -0.2) is 41.1 Å². The average molecular weight is 550 g/mol. The molecule has 1 aliphatic rings. The molecule has 0 saturated heterocycles. The van der Waals surface area contributed by atoms with Crippen molar-refractivity contribution in [2.45, 2.75) is 23.6 Å². The summed E-state index contributed by atoms with van der Waals surface area (Å²) < 4.78 is 33.0. The molecule has 1 aromatic heterocycles. The predicted molar refractivity (Wildman–Crippen MR) is 128 cm³/mol. The molecular weight excluding hydrogens is 523 g/mol. The van der Waals surface area contributed by atoms with Gasteiger partial charge in [-0.3, -0.25) is 4.99 Å². The van der Waals surface area contributed by atoms with Gasteiger partial charge in [0.1, 0.15) is 9.96 Å². The van der Waals surface area contributed by atoms with Crippen LogP contribution in [0.2, 0.25) is 0 Å². The minimum Gasteiger partial charge on any atom is -0.493 e. The summed E-state index contributed by atoms with van der Waals surface area (Å²) in [7, 11) is -1.76. The van der Waals surface area contributed by atoms with Crippen LogP contribution in [0.15, 0.2) is 51.0 Å². The molecule has 3 rings (SSSR count). The van der Waals surface area contributed by atoms with E-state index in [9.17, 15) is 8.42 Å². The molecule has 3 N–H and O–H groups in total. The smallest absolute Gasteiger partial charge is 0.250 e. The van der Waals surface area contributed by atoms with Crippen molar-refractivity contribution in [3.05, 3.63) is 47.3 Å². The average Bonchev–Trinajstić information content (AvgIpc) is 3.35. The third kappa shape index (κ3) is 7.76. The number of guanidine groups is 1. The van der Waals surface area contributed by atoms with Gasteiger partial charge in [0, 0.05) is 32.2 Å². The first-order valence-electron chi connectivity index (χ1n) is 9.27. The zero-order valence-corrected chi connectivity index (χ0v) is 20.2. The second-order valence-electron chi connectivity index (χ2n) is 6.54. The molecule has 2 aromatic rings. The molecule has 29 heavy (non-hydrogen) atoms. The number of ether oxygens (including phenoxy) is 1. The fourth-order valence-corrected chi connectivity index (χ4v) is 4.61. The summed E-state index contributed by atoms with van der Waals surface area (Å²) in [5.41, 5.74) is 1.06. The van der Waals surface area contributed by atoms with Gasteiger partial charge in [-0.15, -0.1) is 35.3 Å². The number of rotatable bonds is 10. The normalized spacial score (nSPS) is 14.2. The minimum atomic E-state index is -3.44. The van der Waals surface area contributed by atoms with Crippen molar-refractivity contribution in [1.82, 2.24) is 15.4 Å². The van der Waals surface area contributed by atoms with Gasteiger partial charge in [-0.1, -0.05) is 24.3 Å². The Balaban J connectivity index is 0.00000300. The number of nitrogens with one attached hydrogen (secondary N) is 3. The fourth-order valence-electron chi connectivity index (χ4n) is 2.54. The van der Waals surface area contributed by atoms with Crippen LogP contribution in [0.3, 0.4) is 0 Å². The van der Waals surface area contributed by atoms with Gasteiger partial charge in [-0.25, -0.2) is 13.1 Å². The first-order valence-corrected chi connectivity index (χ1v) is 11.6. The van der Waals surface area contributed by atoms with Gasteiger partial charge >= 0.3 is 0 Å². The predicted octanol–water partition coefficient (Wildman–Crippen LogP) is 2.80. The number of aliphatic imine (C=N–C) groups is 1. The molecule has 160 valence electrons. The van der Waals surface area contributed by atoms with E-state index in [1.165, 1.54) is 24.2 Å². The van der Waals surface area contributed by atoms with Gasteiger partial charge in [-0.2, -0.15) is 0 Å². The van der Waals surface area contributed by atoms with E-state index in [1.54, 1.807) is 24.6 Å². The Morgan fingerprint density at radius 1 is 1.17 bits per heavy atom. The number of hydrogen-bond donors (Lipinski definition) is 3. The van der Waals surface area contributed by atoms with Crippen molar-refractivity contribution in [1.29, 1.82) is 0 Å². The second kappa shape index (κ2) is 11.7. The molecular formula is C19H27IN4O3S2. The molecule has 0 atom stereocenters. The Labute approximate surface area is 193 Å². The number of sulfonamides is 1. The molecule has 1 aliphatic carbocycles. The molecule has 1 fully saturated rings. The van der Waals surface area contributed by atoms with Crippen LogP contribution in [0.25, 0.3) is 0 Å². The Kier molecular flexibility index (Phi) is 9.66. The summed E-state index contributed by atoms with van der Waals surface area (Å²) >= 11 is 1.20. The highest BCUT2D eigenvalue weighted by Crippen LogP contribution is 2.30. The van der Waals surface area contributed by atoms with Crippen LogP contribution in [0, 0.1) is 5.92 Å². The van der Waals surface area contributed by atoms with Gasteiger partial charge in [0.05, 0.1) is 6.61 Å². The van der Waals surface area contributed by atoms with Gasteiger partial charge < -0.3 is 15.4 Å². The number of benzene rings is 1.